The van der Waals surface area contributed by atoms with Crippen molar-refractivity contribution in [3.8, 4) is 0 Å². The van der Waals surface area contributed by atoms with Gasteiger partial charge in [-0.3, -0.25) is 0 Å². The van der Waals surface area contributed by atoms with Crippen LogP contribution in [0.15, 0.2) is 42.5 Å². The second-order valence-electron chi connectivity index (χ2n) is 4.83. The van der Waals surface area contributed by atoms with Crippen molar-refractivity contribution in [2.24, 2.45) is 0 Å². The Balaban J connectivity index is 2.12. The summed E-state index contributed by atoms with van der Waals surface area (Å²) in [5.41, 5.74) is 3.33. The van der Waals surface area contributed by atoms with Crippen molar-refractivity contribution in [2.75, 3.05) is 5.32 Å². The molecular formula is C16H17Cl2N. The molecule has 1 nitrogen and oxygen atoms in total. The first-order chi connectivity index (χ1) is 9.08. The second-order valence-corrected chi connectivity index (χ2v) is 5.65. The van der Waals surface area contributed by atoms with Crippen LogP contribution in [0.2, 0.25) is 10.0 Å². The van der Waals surface area contributed by atoms with Gasteiger partial charge < -0.3 is 5.32 Å². The normalized spacial score (nSPS) is 10.8. The lowest BCUT2D eigenvalue weighted by atomic mass is 10.0. The Bertz CT molecular complexity index is 544. The van der Waals surface area contributed by atoms with E-state index in [1.54, 1.807) is 0 Å². The van der Waals surface area contributed by atoms with Crippen LogP contribution in [0, 0.1) is 0 Å². The minimum absolute atomic E-state index is 0.519. The van der Waals surface area contributed by atoms with E-state index in [1.165, 1.54) is 5.56 Å². The fourth-order valence-electron chi connectivity index (χ4n) is 1.90. The number of hydrogen-bond donors (Lipinski definition) is 1. The van der Waals surface area contributed by atoms with Crippen LogP contribution >= 0.6 is 23.2 Å². The monoisotopic (exact) mass is 293 g/mol. The molecule has 0 saturated heterocycles. The van der Waals surface area contributed by atoms with Crippen LogP contribution in [-0.4, -0.2) is 0 Å². The molecule has 0 unspecified atom stereocenters. The molecule has 0 saturated carbocycles. The Hall–Kier alpha value is -1.18. The lowest BCUT2D eigenvalue weighted by Crippen LogP contribution is -2.01. The largest absolute Gasteiger partial charge is 0.381 e. The average Bonchev–Trinajstić information content (AvgIpc) is 2.38. The third kappa shape index (κ3) is 3.65. The first-order valence-electron chi connectivity index (χ1n) is 6.34. The minimum Gasteiger partial charge on any atom is -0.381 e. The van der Waals surface area contributed by atoms with E-state index in [1.807, 2.05) is 18.2 Å². The van der Waals surface area contributed by atoms with E-state index in [-0.39, 0.29) is 0 Å². The highest BCUT2D eigenvalue weighted by Gasteiger charge is 2.05. The maximum Gasteiger partial charge on any atom is 0.0470 e. The Labute approximate surface area is 124 Å². The number of hydrogen-bond acceptors (Lipinski definition) is 1. The van der Waals surface area contributed by atoms with Gasteiger partial charge in [0, 0.05) is 27.8 Å². The van der Waals surface area contributed by atoms with E-state index >= 15 is 0 Å². The second kappa shape index (κ2) is 6.31. The fourth-order valence-corrected chi connectivity index (χ4v) is 2.43. The van der Waals surface area contributed by atoms with Crippen molar-refractivity contribution in [1.29, 1.82) is 0 Å². The summed E-state index contributed by atoms with van der Waals surface area (Å²) in [5, 5.41) is 4.76. The molecule has 19 heavy (non-hydrogen) atoms. The number of nitrogens with one attached hydrogen (secondary N) is 1. The molecule has 3 heteroatoms. The van der Waals surface area contributed by atoms with Crippen LogP contribution in [0.4, 0.5) is 5.69 Å². The van der Waals surface area contributed by atoms with Gasteiger partial charge >= 0.3 is 0 Å². The molecule has 0 heterocycles. The smallest absolute Gasteiger partial charge is 0.0470 e. The molecule has 0 radical (unpaired) electrons. The summed E-state index contributed by atoms with van der Waals surface area (Å²) in [6.07, 6.45) is 0. The van der Waals surface area contributed by atoms with Crippen molar-refractivity contribution in [3.05, 3.63) is 63.6 Å². The van der Waals surface area contributed by atoms with Crippen LogP contribution in [0.1, 0.15) is 30.9 Å². The topological polar surface area (TPSA) is 12.0 Å². The van der Waals surface area contributed by atoms with Crippen molar-refractivity contribution < 1.29 is 0 Å². The van der Waals surface area contributed by atoms with E-state index in [2.05, 4.69) is 43.4 Å². The van der Waals surface area contributed by atoms with Gasteiger partial charge in [0.1, 0.15) is 0 Å². The third-order valence-electron chi connectivity index (χ3n) is 3.08. The van der Waals surface area contributed by atoms with Gasteiger partial charge in [0.2, 0.25) is 0 Å². The summed E-state index contributed by atoms with van der Waals surface area (Å²) in [6, 6.07) is 14.0. The third-order valence-corrected chi connectivity index (χ3v) is 3.79. The highest BCUT2D eigenvalue weighted by Crippen LogP contribution is 2.26. The number of halogens is 2. The first-order valence-corrected chi connectivity index (χ1v) is 7.10. The Morgan fingerprint density at radius 3 is 2.26 bits per heavy atom. The molecule has 2 aromatic carbocycles. The van der Waals surface area contributed by atoms with Crippen molar-refractivity contribution in [3.63, 3.8) is 0 Å². The maximum atomic E-state index is 6.15. The van der Waals surface area contributed by atoms with E-state index < -0.39 is 0 Å². The maximum absolute atomic E-state index is 6.15. The molecule has 0 aromatic heterocycles. The standard InChI is InChI=1S/C16H17Cl2N/c1-11(2)12-5-3-6-13(9-12)19-10-14-15(17)7-4-8-16(14)18/h3-9,11,19H,10H2,1-2H3. The molecule has 100 valence electrons. The molecule has 2 rings (SSSR count). The van der Waals surface area contributed by atoms with Gasteiger partial charge in [-0.15, -0.1) is 0 Å². The summed E-state index contributed by atoms with van der Waals surface area (Å²) in [6.45, 7) is 4.99. The van der Waals surface area contributed by atoms with Crippen LogP contribution < -0.4 is 5.32 Å². The van der Waals surface area contributed by atoms with Gasteiger partial charge in [-0.1, -0.05) is 55.2 Å². The van der Waals surface area contributed by atoms with Crippen molar-refractivity contribution in [1.82, 2.24) is 0 Å². The predicted molar refractivity (Wildman–Crippen MR) is 84.3 cm³/mol. The Kier molecular flexibility index (Phi) is 4.73. The Morgan fingerprint density at radius 2 is 1.63 bits per heavy atom. The molecule has 0 aliphatic heterocycles. The predicted octanol–water partition coefficient (Wildman–Crippen LogP) is 5.73. The molecular weight excluding hydrogens is 277 g/mol. The fraction of sp³-hybridized carbons (Fsp3) is 0.250. The van der Waals surface area contributed by atoms with Crippen molar-refractivity contribution in [2.45, 2.75) is 26.3 Å². The Morgan fingerprint density at radius 1 is 1.00 bits per heavy atom. The summed E-state index contributed by atoms with van der Waals surface area (Å²) >= 11 is 12.3. The zero-order valence-corrected chi connectivity index (χ0v) is 12.6. The molecule has 0 aliphatic carbocycles. The zero-order valence-electron chi connectivity index (χ0n) is 11.1. The van der Waals surface area contributed by atoms with Crippen LogP contribution in [0.5, 0.6) is 0 Å². The quantitative estimate of drug-likeness (QED) is 0.759. The number of benzene rings is 2. The van der Waals surface area contributed by atoms with Crippen LogP contribution in [0.3, 0.4) is 0 Å². The number of anilines is 1. The van der Waals surface area contributed by atoms with E-state index in [0.717, 1.165) is 11.3 Å². The summed E-state index contributed by atoms with van der Waals surface area (Å²) in [7, 11) is 0. The molecule has 0 aliphatic rings. The lowest BCUT2D eigenvalue weighted by Gasteiger charge is -2.12. The van der Waals surface area contributed by atoms with Gasteiger partial charge in [0.15, 0.2) is 0 Å². The summed E-state index contributed by atoms with van der Waals surface area (Å²) in [5.74, 6) is 0.519. The number of rotatable bonds is 4. The molecule has 0 amide bonds. The van der Waals surface area contributed by atoms with Gasteiger partial charge in [0.25, 0.3) is 0 Å². The summed E-state index contributed by atoms with van der Waals surface area (Å²) in [4.78, 5) is 0. The first kappa shape index (κ1) is 14.2. The zero-order chi connectivity index (χ0) is 13.8. The highest BCUT2D eigenvalue weighted by atomic mass is 35.5. The van der Waals surface area contributed by atoms with Crippen molar-refractivity contribution >= 4 is 28.9 Å². The van der Waals surface area contributed by atoms with Crippen LogP contribution in [-0.2, 0) is 6.54 Å². The van der Waals surface area contributed by atoms with Gasteiger partial charge in [0.05, 0.1) is 0 Å². The molecule has 0 atom stereocenters. The molecule has 1 N–H and O–H groups in total. The van der Waals surface area contributed by atoms with E-state index in [4.69, 9.17) is 23.2 Å². The van der Waals surface area contributed by atoms with E-state index in [0.29, 0.717) is 22.5 Å². The lowest BCUT2D eigenvalue weighted by molar-refractivity contribution is 0.866. The highest BCUT2D eigenvalue weighted by molar-refractivity contribution is 6.36. The molecule has 0 fully saturated rings. The molecule has 0 spiro atoms. The minimum atomic E-state index is 0.519. The van der Waals surface area contributed by atoms with Crippen LogP contribution in [0.25, 0.3) is 0 Å². The average molecular weight is 294 g/mol. The van der Waals surface area contributed by atoms with Gasteiger partial charge in [-0.2, -0.15) is 0 Å². The molecule has 0 bridgehead atoms. The SMILES string of the molecule is CC(C)c1cccc(NCc2c(Cl)cccc2Cl)c1. The van der Waals surface area contributed by atoms with Gasteiger partial charge in [-0.05, 0) is 35.7 Å². The summed E-state index contributed by atoms with van der Waals surface area (Å²) < 4.78 is 0. The van der Waals surface area contributed by atoms with Gasteiger partial charge in [-0.25, -0.2) is 0 Å². The van der Waals surface area contributed by atoms with E-state index in [9.17, 15) is 0 Å². The molecule has 2 aromatic rings.